The molecule has 1 aromatic heterocycles. The highest BCUT2D eigenvalue weighted by molar-refractivity contribution is 5.85. The number of aryl methyl sites for hydroxylation is 1. The lowest BCUT2D eigenvalue weighted by molar-refractivity contribution is -0.147. The Morgan fingerprint density at radius 1 is 1.42 bits per heavy atom. The topological polar surface area (TPSA) is 97.1 Å². The Bertz CT molecular complexity index is 509. The van der Waals surface area contributed by atoms with Gasteiger partial charge in [0.2, 0.25) is 5.91 Å². The Kier molecular flexibility index (Phi) is 3.94. The number of aliphatic carboxylic acids is 1. The lowest BCUT2D eigenvalue weighted by Crippen LogP contribution is -2.38. The van der Waals surface area contributed by atoms with E-state index in [2.05, 4.69) is 15.4 Å². The Hall–Kier alpha value is -2.18. The first-order chi connectivity index (χ1) is 9.08. The Morgan fingerprint density at radius 3 is 2.68 bits per heavy atom. The lowest BCUT2D eigenvalue weighted by Gasteiger charge is -2.23. The average molecular weight is 264 g/mol. The van der Waals surface area contributed by atoms with Gasteiger partial charge in [0.15, 0.2) is 5.82 Å². The smallest absolute Gasteiger partial charge is 0.307 e. The van der Waals surface area contributed by atoms with Crippen molar-refractivity contribution in [2.45, 2.75) is 19.4 Å². The van der Waals surface area contributed by atoms with E-state index >= 15 is 0 Å². The van der Waals surface area contributed by atoms with E-state index in [1.54, 1.807) is 18.1 Å². The minimum absolute atomic E-state index is 0.215. The van der Waals surface area contributed by atoms with Gasteiger partial charge >= 0.3 is 5.97 Å². The van der Waals surface area contributed by atoms with E-state index in [0.717, 1.165) is 0 Å². The van der Waals surface area contributed by atoms with E-state index in [1.165, 1.54) is 0 Å². The number of hydrogen-bond donors (Lipinski definition) is 2. The molecule has 2 unspecified atom stereocenters. The predicted octanol–water partition coefficient (Wildman–Crippen LogP) is 0.0983. The van der Waals surface area contributed by atoms with Gasteiger partial charge in [0.05, 0.1) is 18.4 Å². The molecule has 0 aliphatic heterocycles. The number of carbonyl (C=O) groups is 2. The highest BCUT2D eigenvalue weighted by atomic mass is 16.4. The van der Waals surface area contributed by atoms with E-state index in [4.69, 9.17) is 5.11 Å². The summed E-state index contributed by atoms with van der Waals surface area (Å²) in [6.45, 7) is 0.215. The maximum absolute atomic E-state index is 12.0. The van der Waals surface area contributed by atoms with Gasteiger partial charge in [-0.15, -0.1) is 0 Å². The van der Waals surface area contributed by atoms with Crippen molar-refractivity contribution in [1.82, 2.24) is 20.1 Å². The fourth-order valence-corrected chi connectivity index (χ4v) is 2.14. The first kappa shape index (κ1) is 13.3. The van der Waals surface area contributed by atoms with Crippen LogP contribution in [-0.4, -0.2) is 31.7 Å². The monoisotopic (exact) mass is 264 g/mol. The van der Waals surface area contributed by atoms with Gasteiger partial charge in [0, 0.05) is 7.05 Å². The second kappa shape index (κ2) is 5.64. The highest BCUT2D eigenvalue weighted by Crippen LogP contribution is 2.26. The predicted molar refractivity (Wildman–Crippen MR) is 65.8 cm³/mol. The summed E-state index contributed by atoms with van der Waals surface area (Å²) in [6.07, 6.45) is 6.06. The molecule has 2 rings (SSSR count). The van der Waals surface area contributed by atoms with Crippen molar-refractivity contribution in [1.29, 1.82) is 0 Å². The molecule has 1 aromatic rings. The summed E-state index contributed by atoms with van der Waals surface area (Å²) >= 11 is 0. The normalized spacial score (nSPS) is 22.2. The van der Waals surface area contributed by atoms with E-state index in [-0.39, 0.29) is 12.5 Å². The number of carboxylic acid groups (broad SMARTS) is 1. The van der Waals surface area contributed by atoms with Crippen molar-refractivity contribution in [2.24, 2.45) is 18.9 Å². The fourth-order valence-electron chi connectivity index (χ4n) is 2.14. The number of rotatable bonds is 4. The number of carboxylic acids is 1. The van der Waals surface area contributed by atoms with Crippen molar-refractivity contribution in [2.75, 3.05) is 0 Å². The molecule has 1 aliphatic carbocycles. The molecule has 19 heavy (non-hydrogen) atoms. The summed E-state index contributed by atoms with van der Waals surface area (Å²) in [7, 11) is 1.74. The quantitative estimate of drug-likeness (QED) is 0.752. The molecule has 0 spiro atoms. The van der Waals surface area contributed by atoms with E-state index in [1.807, 2.05) is 12.2 Å². The number of amides is 1. The number of aromatic nitrogens is 3. The molecule has 0 fully saturated rings. The maximum Gasteiger partial charge on any atom is 0.307 e. The summed E-state index contributed by atoms with van der Waals surface area (Å²) in [4.78, 5) is 27.1. The van der Waals surface area contributed by atoms with Gasteiger partial charge < -0.3 is 10.4 Å². The van der Waals surface area contributed by atoms with Gasteiger partial charge in [-0.25, -0.2) is 4.98 Å². The highest BCUT2D eigenvalue weighted by Gasteiger charge is 2.33. The molecule has 0 bridgehead atoms. The summed E-state index contributed by atoms with van der Waals surface area (Å²) in [5, 5.41) is 15.8. The lowest BCUT2D eigenvalue weighted by atomic mass is 9.82. The molecule has 2 atom stereocenters. The Labute approximate surface area is 110 Å². The fraction of sp³-hybridized carbons (Fsp3) is 0.500. The summed E-state index contributed by atoms with van der Waals surface area (Å²) in [5.74, 6) is -1.85. The first-order valence-electron chi connectivity index (χ1n) is 6.08. The van der Waals surface area contributed by atoms with Crippen LogP contribution in [0.5, 0.6) is 0 Å². The number of hydrogen-bond acceptors (Lipinski definition) is 4. The van der Waals surface area contributed by atoms with Crippen LogP contribution in [0.25, 0.3) is 0 Å². The average Bonchev–Trinajstić information content (AvgIpc) is 2.81. The van der Waals surface area contributed by atoms with Crippen molar-refractivity contribution in [3.8, 4) is 0 Å². The van der Waals surface area contributed by atoms with E-state index in [0.29, 0.717) is 18.7 Å². The molecular formula is C12H16N4O3. The van der Waals surface area contributed by atoms with Gasteiger partial charge in [0.25, 0.3) is 0 Å². The molecule has 2 N–H and O–H groups in total. The van der Waals surface area contributed by atoms with Crippen LogP contribution in [0.2, 0.25) is 0 Å². The molecule has 7 heteroatoms. The zero-order valence-corrected chi connectivity index (χ0v) is 10.6. The van der Waals surface area contributed by atoms with Gasteiger partial charge in [-0.2, -0.15) is 5.10 Å². The van der Waals surface area contributed by atoms with Crippen LogP contribution < -0.4 is 5.32 Å². The third-order valence-corrected chi connectivity index (χ3v) is 3.15. The second-order valence-corrected chi connectivity index (χ2v) is 4.55. The van der Waals surface area contributed by atoms with Crippen LogP contribution in [-0.2, 0) is 23.2 Å². The molecule has 0 radical (unpaired) electrons. The molecule has 102 valence electrons. The zero-order valence-electron chi connectivity index (χ0n) is 10.6. The van der Waals surface area contributed by atoms with Crippen molar-refractivity contribution >= 4 is 11.9 Å². The van der Waals surface area contributed by atoms with Crippen molar-refractivity contribution < 1.29 is 14.7 Å². The molecule has 0 saturated heterocycles. The number of nitrogens with one attached hydrogen (secondary N) is 1. The van der Waals surface area contributed by atoms with Gasteiger partial charge in [0.1, 0.15) is 6.33 Å². The number of nitrogens with zero attached hydrogens (tertiary/aromatic N) is 3. The van der Waals surface area contributed by atoms with Crippen molar-refractivity contribution in [3.05, 3.63) is 24.3 Å². The Morgan fingerprint density at radius 2 is 2.11 bits per heavy atom. The largest absolute Gasteiger partial charge is 0.481 e. The number of carbonyl (C=O) groups excluding carboxylic acids is 1. The maximum atomic E-state index is 12.0. The summed E-state index contributed by atoms with van der Waals surface area (Å²) in [6, 6.07) is 0. The molecule has 0 saturated carbocycles. The van der Waals surface area contributed by atoms with Gasteiger partial charge in [-0.05, 0) is 12.8 Å². The molecular weight excluding hydrogens is 248 g/mol. The molecule has 7 nitrogen and oxygen atoms in total. The SMILES string of the molecule is Cn1cnc(CNC(=O)C2CC=CCC2C(=O)O)n1. The Balaban J connectivity index is 1.95. The summed E-state index contributed by atoms with van der Waals surface area (Å²) < 4.78 is 1.55. The van der Waals surface area contributed by atoms with Crippen LogP contribution in [0.1, 0.15) is 18.7 Å². The van der Waals surface area contributed by atoms with Crippen LogP contribution in [0, 0.1) is 11.8 Å². The molecule has 1 heterocycles. The van der Waals surface area contributed by atoms with Gasteiger partial charge in [-0.1, -0.05) is 12.2 Å². The molecule has 1 aliphatic rings. The van der Waals surface area contributed by atoms with Gasteiger partial charge in [-0.3, -0.25) is 14.3 Å². The first-order valence-corrected chi connectivity index (χ1v) is 6.08. The standard InChI is InChI=1S/C12H16N4O3/c1-16-7-14-10(15-16)6-13-11(17)8-4-2-3-5-9(8)12(18)19/h2-3,7-9H,4-6H2,1H3,(H,13,17)(H,18,19). The van der Waals surface area contributed by atoms with Crippen LogP contribution in [0.3, 0.4) is 0 Å². The van der Waals surface area contributed by atoms with Crippen molar-refractivity contribution in [3.63, 3.8) is 0 Å². The second-order valence-electron chi connectivity index (χ2n) is 4.55. The van der Waals surface area contributed by atoms with E-state index in [9.17, 15) is 9.59 Å². The summed E-state index contributed by atoms with van der Waals surface area (Å²) in [5.41, 5.74) is 0. The molecule has 0 aromatic carbocycles. The van der Waals surface area contributed by atoms with Crippen LogP contribution in [0.15, 0.2) is 18.5 Å². The molecule has 1 amide bonds. The minimum atomic E-state index is -0.930. The number of allylic oxidation sites excluding steroid dienone is 2. The van der Waals surface area contributed by atoms with Crippen LogP contribution >= 0.6 is 0 Å². The van der Waals surface area contributed by atoms with Crippen LogP contribution in [0.4, 0.5) is 0 Å². The van der Waals surface area contributed by atoms with E-state index < -0.39 is 17.8 Å². The zero-order chi connectivity index (χ0) is 13.8. The third kappa shape index (κ3) is 3.18. The third-order valence-electron chi connectivity index (χ3n) is 3.15. The minimum Gasteiger partial charge on any atom is -0.481 e.